The smallest absolute Gasteiger partial charge is 0.225 e. The van der Waals surface area contributed by atoms with Gasteiger partial charge in [-0.15, -0.1) is 0 Å². The molecule has 0 bridgehead atoms. The highest BCUT2D eigenvalue weighted by atomic mass is 16.5. The fourth-order valence-corrected chi connectivity index (χ4v) is 2.95. The van der Waals surface area contributed by atoms with Crippen LogP contribution in [0.25, 0.3) is 0 Å². The van der Waals surface area contributed by atoms with Crippen LogP contribution in [0.1, 0.15) is 39.2 Å². The van der Waals surface area contributed by atoms with Crippen molar-refractivity contribution in [3.63, 3.8) is 0 Å². The average molecular weight is 332 g/mol. The van der Waals surface area contributed by atoms with Gasteiger partial charge in [-0.3, -0.25) is 9.59 Å². The van der Waals surface area contributed by atoms with Gasteiger partial charge in [-0.05, 0) is 32.3 Å². The lowest BCUT2D eigenvalue weighted by Gasteiger charge is -2.34. The summed E-state index contributed by atoms with van der Waals surface area (Å²) in [5, 5.41) is 3.07. The Hall–Kier alpha value is -1.88. The maximum absolute atomic E-state index is 12.5. The summed E-state index contributed by atoms with van der Waals surface area (Å²) in [5.74, 6) is -0.0803. The molecule has 5 heteroatoms. The molecule has 0 saturated carbocycles. The van der Waals surface area contributed by atoms with E-state index in [1.54, 1.807) is 11.8 Å². The molecular formula is C19H28N2O3. The first kappa shape index (κ1) is 18.5. The molecule has 1 aromatic carbocycles. The fraction of sp³-hybridized carbons (Fsp3) is 0.579. The number of hydrogen-bond donors (Lipinski definition) is 1. The van der Waals surface area contributed by atoms with Gasteiger partial charge in [0.25, 0.3) is 0 Å². The largest absolute Gasteiger partial charge is 0.374 e. The van der Waals surface area contributed by atoms with Crippen molar-refractivity contribution in [2.45, 2.75) is 45.8 Å². The van der Waals surface area contributed by atoms with E-state index in [1.807, 2.05) is 44.2 Å². The summed E-state index contributed by atoms with van der Waals surface area (Å²) >= 11 is 0. The van der Waals surface area contributed by atoms with E-state index in [1.165, 1.54) is 0 Å². The average Bonchev–Trinajstić information content (AvgIpc) is 2.55. The summed E-state index contributed by atoms with van der Waals surface area (Å²) < 4.78 is 5.75. The molecule has 1 aliphatic rings. The summed E-state index contributed by atoms with van der Waals surface area (Å²) in [4.78, 5) is 25.8. The molecule has 0 radical (unpaired) electrons. The second-order valence-corrected chi connectivity index (χ2v) is 7.16. The number of carbonyl (C=O) groups excluding carboxylic acids is 2. The van der Waals surface area contributed by atoms with Gasteiger partial charge in [0.05, 0.1) is 24.7 Å². The summed E-state index contributed by atoms with van der Waals surface area (Å²) in [5.41, 5.74) is 0.675. The van der Waals surface area contributed by atoms with E-state index in [0.717, 1.165) is 24.9 Å². The number of benzene rings is 1. The molecule has 0 aromatic heterocycles. The fourth-order valence-electron chi connectivity index (χ4n) is 2.95. The zero-order valence-corrected chi connectivity index (χ0v) is 14.9. The van der Waals surface area contributed by atoms with Crippen LogP contribution < -0.4 is 5.32 Å². The first-order valence-electron chi connectivity index (χ1n) is 8.56. The zero-order valence-electron chi connectivity index (χ0n) is 14.9. The van der Waals surface area contributed by atoms with E-state index < -0.39 is 5.54 Å². The first-order valence-corrected chi connectivity index (χ1v) is 8.56. The Bertz CT molecular complexity index is 557. The predicted molar refractivity (Wildman–Crippen MR) is 93.3 cm³/mol. The molecule has 1 aliphatic heterocycles. The van der Waals surface area contributed by atoms with Crippen molar-refractivity contribution in [3.8, 4) is 0 Å². The minimum atomic E-state index is -0.440. The van der Waals surface area contributed by atoms with E-state index in [0.29, 0.717) is 19.8 Å². The van der Waals surface area contributed by atoms with E-state index in [-0.39, 0.29) is 17.7 Å². The molecule has 5 nitrogen and oxygen atoms in total. The van der Waals surface area contributed by atoms with Crippen molar-refractivity contribution >= 4 is 11.8 Å². The molecular weight excluding hydrogens is 304 g/mol. The van der Waals surface area contributed by atoms with Crippen LogP contribution in [0.3, 0.4) is 0 Å². The molecule has 132 valence electrons. The third-order valence-electron chi connectivity index (χ3n) is 4.27. The molecule has 0 aliphatic carbocycles. The molecule has 2 rings (SSSR count). The normalized spacial score (nSPS) is 18.3. The Morgan fingerprint density at radius 2 is 2.00 bits per heavy atom. The van der Waals surface area contributed by atoms with Gasteiger partial charge >= 0.3 is 0 Å². The van der Waals surface area contributed by atoms with E-state index in [4.69, 9.17) is 4.74 Å². The molecule has 2 amide bonds. The van der Waals surface area contributed by atoms with Gasteiger partial charge in [-0.25, -0.2) is 0 Å². The van der Waals surface area contributed by atoms with Gasteiger partial charge in [0.2, 0.25) is 11.8 Å². The number of nitrogens with one attached hydrogen (secondary N) is 1. The lowest BCUT2D eigenvalue weighted by molar-refractivity contribution is -0.134. The Morgan fingerprint density at radius 1 is 1.29 bits per heavy atom. The van der Waals surface area contributed by atoms with Crippen LogP contribution in [0.15, 0.2) is 30.3 Å². The Kier molecular flexibility index (Phi) is 6.37. The van der Waals surface area contributed by atoms with E-state index >= 15 is 0 Å². The van der Waals surface area contributed by atoms with Crippen LogP contribution in [0, 0.1) is 5.92 Å². The highest BCUT2D eigenvalue weighted by molar-refractivity contribution is 5.81. The number of ether oxygens (including phenoxy) is 1. The summed E-state index contributed by atoms with van der Waals surface area (Å²) in [6, 6.07) is 9.97. The number of rotatable bonds is 6. The number of carbonyl (C=O) groups is 2. The van der Waals surface area contributed by atoms with Crippen LogP contribution in [0.2, 0.25) is 0 Å². The predicted octanol–water partition coefficient (Wildman–Crippen LogP) is 2.36. The number of nitrogens with zero attached hydrogens (tertiary/aromatic N) is 1. The van der Waals surface area contributed by atoms with Crippen LogP contribution in [-0.4, -0.2) is 41.9 Å². The van der Waals surface area contributed by atoms with Gasteiger partial charge < -0.3 is 15.0 Å². The molecule has 1 N–H and O–H groups in total. The van der Waals surface area contributed by atoms with Crippen molar-refractivity contribution in [3.05, 3.63) is 35.9 Å². The lowest BCUT2D eigenvalue weighted by atomic mass is 9.95. The third kappa shape index (κ3) is 5.64. The minimum absolute atomic E-state index is 0.00858. The van der Waals surface area contributed by atoms with Crippen molar-refractivity contribution < 1.29 is 14.3 Å². The summed E-state index contributed by atoms with van der Waals surface area (Å²) in [6.45, 7) is 7.72. The topological polar surface area (TPSA) is 58.6 Å². The highest BCUT2D eigenvalue weighted by Gasteiger charge is 2.30. The SMILES string of the molecule is CC(=O)N1CCC[C@H](C(=O)NC(C)(C)COCc2ccccc2)C1. The van der Waals surface area contributed by atoms with Crippen molar-refractivity contribution in [1.29, 1.82) is 0 Å². The monoisotopic (exact) mass is 332 g/mol. The Labute approximate surface area is 144 Å². The van der Waals surface area contributed by atoms with Gasteiger partial charge in [-0.1, -0.05) is 30.3 Å². The van der Waals surface area contributed by atoms with Crippen LogP contribution >= 0.6 is 0 Å². The highest BCUT2D eigenvalue weighted by Crippen LogP contribution is 2.18. The number of likely N-dealkylation sites (tertiary alicyclic amines) is 1. The van der Waals surface area contributed by atoms with Gasteiger partial charge in [-0.2, -0.15) is 0 Å². The standard InChI is InChI=1S/C19H28N2O3/c1-15(22)21-11-7-10-17(12-21)18(23)20-19(2,3)14-24-13-16-8-5-4-6-9-16/h4-6,8-9,17H,7,10-14H2,1-3H3,(H,20,23)/t17-/m0/s1. The zero-order chi connectivity index (χ0) is 17.6. The molecule has 1 saturated heterocycles. The summed E-state index contributed by atoms with van der Waals surface area (Å²) in [6.07, 6.45) is 1.71. The molecule has 1 heterocycles. The number of piperidine rings is 1. The quantitative estimate of drug-likeness (QED) is 0.870. The second kappa shape index (κ2) is 8.29. The van der Waals surface area contributed by atoms with Gasteiger partial charge in [0, 0.05) is 20.0 Å². The maximum atomic E-state index is 12.5. The van der Waals surface area contributed by atoms with Crippen molar-refractivity contribution in [2.75, 3.05) is 19.7 Å². The lowest BCUT2D eigenvalue weighted by Crippen LogP contribution is -2.52. The molecule has 1 fully saturated rings. The van der Waals surface area contributed by atoms with Crippen molar-refractivity contribution in [2.24, 2.45) is 5.92 Å². The maximum Gasteiger partial charge on any atom is 0.225 e. The van der Waals surface area contributed by atoms with E-state index in [2.05, 4.69) is 5.32 Å². The third-order valence-corrected chi connectivity index (χ3v) is 4.27. The van der Waals surface area contributed by atoms with Gasteiger partial charge in [0.15, 0.2) is 0 Å². The molecule has 1 aromatic rings. The number of hydrogen-bond acceptors (Lipinski definition) is 3. The Morgan fingerprint density at radius 3 is 2.67 bits per heavy atom. The first-order chi connectivity index (χ1) is 11.4. The molecule has 0 unspecified atom stereocenters. The van der Waals surface area contributed by atoms with Gasteiger partial charge in [0.1, 0.15) is 0 Å². The van der Waals surface area contributed by atoms with Crippen molar-refractivity contribution in [1.82, 2.24) is 10.2 Å². The molecule has 24 heavy (non-hydrogen) atoms. The second-order valence-electron chi connectivity index (χ2n) is 7.16. The minimum Gasteiger partial charge on any atom is -0.374 e. The summed E-state index contributed by atoms with van der Waals surface area (Å²) in [7, 11) is 0. The molecule has 0 spiro atoms. The van der Waals surface area contributed by atoms with Crippen LogP contribution in [-0.2, 0) is 20.9 Å². The van der Waals surface area contributed by atoms with Crippen LogP contribution in [0.5, 0.6) is 0 Å². The van der Waals surface area contributed by atoms with E-state index in [9.17, 15) is 9.59 Å². The Balaban J connectivity index is 1.79. The molecule has 1 atom stereocenters. The number of amides is 2. The van der Waals surface area contributed by atoms with Crippen LogP contribution in [0.4, 0.5) is 0 Å².